The molecular weight excluding hydrogens is 444 g/mol. The average Bonchev–Trinajstić information content (AvgIpc) is 2.55. The number of hydrogen-bond acceptors (Lipinski definition) is 2. The minimum atomic E-state index is -4.56. The average molecular weight is 458 g/mol. The highest BCUT2D eigenvalue weighted by atomic mass is 127. The van der Waals surface area contributed by atoms with Gasteiger partial charge in [-0.2, -0.15) is 13.2 Å². The van der Waals surface area contributed by atoms with Gasteiger partial charge in [-0.1, -0.05) is 19.1 Å². The summed E-state index contributed by atoms with van der Waals surface area (Å²) in [5.74, 6) is 0.331. The van der Waals surface area contributed by atoms with E-state index in [1.54, 1.807) is 12.1 Å². The highest BCUT2D eigenvalue weighted by molar-refractivity contribution is 14.1. The Morgan fingerprint density at radius 2 is 1.88 bits per heavy atom. The van der Waals surface area contributed by atoms with Crippen molar-refractivity contribution in [1.82, 2.24) is 9.55 Å². The summed E-state index contributed by atoms with van der Waals surface area (Å²) in [5, 5.41) is 0.309. The van der Waals surface area contributed by atoms with E-state index in [0.717, 1.165) is 14.2 Å². The van der Waals surface area contributed by atoms with Crippen LogP contribution < -0.4 is 5.56 Å². The fourth-order valence-corrected chi connectivity index (χ4v) is 3.24. The van der Waals surface area contributed by atoms with Crippen molar-refractivity contribution in [3.05, 3.63) is 67.8 Å². The van der Waals surface area contributed by atoms with Crippen molar-refractivity contribution in [1.29, 1.82) is 0 Å². The van der Waals surface area contributed by atoms with E-state index >= 15 is 0 Å². The first kappa shape index (κ1) is 17.9. The van der Waals surface area contributed by atoms with Gasteiger partial charge >= 0.3 is 6.18 Å². The molecule has 3 rings (SSSR count). The van der Waals surface area contributed by atoms with Crippen LogP contribution in [0.15, 0.2) is 47.3 Å². The fourth-order valence-electron chi connectivity index (χ4n) is 2.75. The first-order valence-electron chi connectivity index (χ1n) is 7.70. The molecule has 0 aliphatic carbocycles. The zero-order valence-corrected chi connectivity index (χ0v) is 15.4. The topological polar surface area (TPSA) is 34.9 Å². The van der Waals surface area contributed by atoms with E-state index in [4.69, 9.17) is 0 Å². The molecule has 0 aliphatic heterocycles. The summed E-state index contributed by atoms with van der Waals surface area (Å²) in [4.78, 5) is 17.5. The molecule has 0 atom stereocenters. The van der Waals surface area contributed by atoms with Crippen molar-refractivity contribution in [3.8, 4) is 5.69 Å². The lowest BCUT2D eigenvalue weighted by molar-refractivity contribution is -0.137. The molecule has 3 aromatic rings. The molecule has 0 N–H and O–H groups in total. The lowest BCUT2D eigenvalue weighted by Crippen LogP contribution is -2.26. The molecular formula is C18H14F3IN2O. The second kappa shape index (κ2) is 6.78. The SMILES string of the molecule is CCCc1nc2ccc(I)cc2c(=O)n1-c1ccccc1C(F)(F)F. The van der Waals surface area contributed by atoms with Gasteiger partial charge in [0.2, 0.25) is 0 Å². The molecule has 0 unspecified atom stereocenters. The van der Waals surface area contributed by atoms with Crippen LogP contribution in [-0.2, 0) is 12.6 Å². The number of aromatic nitrogens is 2. The van der Waals surface area contributed by atoms with Gasteiger partial charge in [0.05, 0.1) is 22.2 Å². The molecule has 0 bridgehead atoms. The molecule has 0 fully saturated rings. The standard InChI is InChI=1S/C18H14F3IN2O/c1-2-5-16-23-14-9-8-11(22)10-12(14)17(25)24(16)15-7-4-3-6-13(15)18(19,20)21/h3-4,6-10H,2,5H2,1H3. The molecule has 3 nitrogen and oxygen atoms in total. The number of para-hydroxylation sites is 1. The minimum absolute atomic E-state index is 0.184. The third-order valence-electron chi connectivity index (χ3n) is 3.82. The number of hydrogen-bond donors (Lipinski definition) is 0. The Morgan fingerprint density at radius 1 is 1.16 bits per heavy atom. The smallest absolute Gasteiger partial charge is 0.268 e. The van der Waals surface area contributed by atoms with Crippen molar-refractivity contribution < 1.29 is 13.2 Å². The Morgan fingerprint density at radius 3 is 2.56 bits per heavy atom. The third-order valence-corrected chi connectivity index (χ3v) is 4.49. The molecule has 130 valence electrons. The lowest BCUT2D eigenvalue weighted by Gasteiger charge is -2.18. The lowest BCUT2D eigenvalue weighted by atomic mass is 10.1. The first-order valence-corrected chi connectivity index (χ1v) is 8.78. The van der Waals surface area contributed by atoms with Crippen LogP contribution in [0.25, 0.3) is 16.6 Å². The third kappa shape index (κ3) is 3.42. The number of aryl methyl sites for hydroxylation is 1. The summed E-state index contributed by atoms with van der Waals surface area (Å²) in [6, 6.07) is 10.3. The van der Waals surface area contributed by atoms with E-state index in [0.29, 0.717) is 29.6 Å². The molecule has 25 heavy (non-hydrogen) atoms. The van der Waals surface area contributed by atoms with Gasteiger partial charge in [-0.15, -0.1) is 0 Å². The summed E-state index contributed by atoms with van der Waals surface area (Å²) in [7, 11) is 0. The number of halogens is 4. The van der Waals surface area contributed by atoms with E-state index in [1.807, 2.05) is 13.0 Å². The highest BCUT2D eigenvalue weighted by Gasteiger charge is 2.34. The Balaban J connectivity index is 2.42. The van der Waals surface area contributed by atoms with Crippen LogP contribution in [-0.4, -0.2) is 9.55 Å². The predicted molar refractivity (Wildman–Crippen MR) is 99.1 cm³/mol. The maximum absolute atomic E-state index is 13.4. The monoisotopic (exact) mass is 458 g/mol. The normalized spacial score (nSPS) is 11.9. The van der Waals surface area contributed by atoms with Crippen LogP contribution in [0.2, 0.25) is 0 Å². The first-order chi connectivity index (χ1) is 11.8. The van der Waals surface area contributed by atoms with Crippen LogP contribution in [0.3, 0.4) is 0 Å². The van der Waals surface area contributed by atoms with E-state index < -0.39 is 17.3 Å². The zero-order chi connectivity index (χ0) is 18.2. The summed E-state index contributed by atoms with van der Waals surface area (Å²) in [6.45, 7) is 1.89. The van der Waals surface area contributed by atoms with Gasteiger partial charge in [-0.05, 0) is 59.3 Å². The van der Waals surface area contributed by atoms with Gasteiger partial charge in [-0.25, -0.2) is 4.98 Å². The summed E-state index contributed by atoms with van der Waals surface area (Å²) < 4.78 is 42.2. The van der Waals surface area contributed by atoms with Gasteiger partial charge in [0.1, 0.15) is 5.82 Å². The molecule has 7 heteroatoms. The van der Waals surface area contributed by atoms with Crippen molar-refractivity contribution >= 4 is 33.5 Å². The molecule has 0 amide bonds. The molecule has 0 spiro atoms. The number of nitrogens with zero attached hydrogens (tertiary/aromatic N) is 2. The molecule has 0 saturated heterocycles. The predicted octanol–water partition coefficient (Wildman–Crippen LogP) is 4.96. The largest absolute Gasteiger partial charge is 0.418 e. The van der Waals surface area contributed by atoms with E-state index in [2.05, 4.69) is 27.6 Å². The van der Waals surface area contributed by atoms with Crippen molar-refractivity contribution in [2.75, 3.05) is 0 Å². The van der Waals surface area contributed by atoms with Crippen molar-refractivity contribution in [2.45, 2.75) is 25.9 Å². The molecule has 0 saturated carbocycles. The quantitative estimate of drug-likeness (QED) is 0.521. The Bertz CT molecular complexity index is 996. The van der Waals surface area contributed by atoms with Crippen LogP contribution in [0.1, 0.15) is 24.7 Å². The Kier molecular flexibility index (Phi) is 4.86. The van der Waals surface area contributed by atoms with Crippen LogP contribution >= 0.6 is 22.6 Å². The van der Waals surface area contributed by atoms with Crippen LogP contribution in [0.4, 0.5) is 13.2 Å². The van der Waals surface area contributed by atoms with Crippen LogP contribution in [0.5, 0.6) is 0 Å². The van der Waals surface area contributed by atoms with Gasteiger partial charge in [0.25, 0.3) is 5.56 Å². The van der Waals surface area contributed by atoms with Gasteiger partial charge < -0.3 is 0 Å². The molecule has 1 aromatic heterocycles. The highest BCUT2D eigenvalue weighted by Crippen LogP contribution is 2.33. The zero-order valence-electron chi connectivity index (χ0n) is 13.3. The van der Waals surface area contributed by atoms with Crippen molar-refractivity contribution in [2.24, 2.45) is 0 Å². The van der Waals surface area contributed by atoms with E-state index in [-0.39, 0.29) is 5.69 Å². The van der Waals surface area contributed by atoms with Crippen LogP contribution in [0, 0.1) is 3.57 Å². The Labute approximate surface area is 155 Å². The molecule has 0 radical (unpaired) electrons. The van der Waals surface area contributed by atoms with Gasteiger partial charge in [-0.3, -0.25) is 9.36 Å². The number of alkyl halides is 3. The summed E-state index contributed by atoms with van der Waals surface area (Å²) in [6.07, 6.45) is -3.49. The molecule has 1 heterocycles. The second-order valence-electron chi connectivity index (χ2n) is 5.59. The fraction of sp³-hybridized carbons (Fsp3) is 0.222. The maximum Gasteiger partial charge on any atom is 0.418 e. The minimum Gasteiger partial charge on any atom is -0.268 e. The van der Waals surface area contributed by atoms with E-state index in [1.165, 1.54) is 18.2 Å². The summed E-state index contributed by atoms with van der Waals surface area (Å²) >= 11 is 2.06. The Hall–Kier alpha value is -1.90. The number of rotatable bonds is 3. The number of benzene rings is 2. The van der Waals surface area contributed by atoms with Crippen molar-refractivity contribution in [3.63, 3.8) is 0 Å². The molecule has 0 aliphatic rings. The summed E-state index contributed by atoms with van der Waals surface area (Å²) in [5.41, 5.74) is -1.02. The van der Waals surface area contributed by atoms with Gasteiger partial charge in [0, 0.05) is 9.99 Å². The van der Waals surface area contributed by atoms with E-state index in [9.17, 15) is 18.0 Å². The molecule has 2 aromatic carbocycles. The van der Waals surface area contributed by atoms with Gasteiger partial charge in [0.15, 0.2) is 0 Å². The maximum atomic E-state index is 13.4. The number of fused-ring (bicyclic) bond motifs is 1. The second-order valence-corrected chi connectivity index (χ2v) is 6.84.